The summed E-state index contributed by atoms with van der Waals surface area (Å²) in [6, 6.07) is 4.05. The molecule has 0 spiro atoms. The molecule has 74 valence electrons. The van der Waals surface area contributed by atoms with Crippen LogP contribution < -0.4 is 0 Å². The van der Waals surface area contributed by atoms with Crippen molar-refractivity contribution in [3.8, 4) is 0 Å². The van der Waals surface area contributed by atoms with E-state index in [4.69, 9.17) is 4.74 Å². The summed E-state index contributed by atoms with van der Waals surface area (Å²) < 4.78 is 4.94. The van der Waals surface area contributed by atoms with E-state index in [0.29, 0.717) is 19.4 Å². The van der Waals surface area contributed by atoms with Crippen molar-refractivity contribution in [2.24, 2.45) is 0 Å². The second-order valence-electron chi connectivity index (χ2n) is 3.50. The summed E-state index contributed by atoms with van der Waals surface area (Å²) in [6.07, 6.45) is 1.40. The predicted octanol–water partition coefficient (Wildman–Crippen LogP) is 2.08. The normalized spacial score (nSPS) is 15.6. The van der Waals surface area contributed by atoms with Crippen LogP contribution in [0.25, 0.3) is 0 Å². The van der Waals surface area contributed by atoms with E-state index >= 15 is 0 Å². The molecule has 0 saturated carbocycles. The van der Waals surface area contributed by atoms with Crippen LogP contribution in [-0.2, 0) is 11.2 Å². The van der Waals surface area contributed by atoms with E-state index in [-0.39, 0.29) is 0 Å². The molecule has 0 amide bonds. The van der Waals surface area contributed by atoms with Crippen molar-refractivity contribution in [1.82, 2.24) is 0 Å². The Morgan fingerprint density at radius 2 is 2.38 bits per heavy atom. The molecule has 0 aliphatic carbocycles. The largest absolute Gasteiger partial charge is 0.390 e. The zero-order valence-corrected chi connectivity index (χ0v) is 8.93. The SMILES string of the molecule is COCCC(C)(O)Cc1cccs1. The van der Waals surface area contributed by atoms with Gasteiger partial charge in [-0.05, 0) is 24.8 Å². The fraction of sp³-hybridized carbons (Fsp3) is 0.600. The Hall–Kier alpha value is -0.380. The molecular formula is C10H16O2S. The van der Waals surface area contributed by atoms with Crippen LogP contribution in [0.2, 0.25) is 0 Å². The van der Waals surface area contributed by atoms with Gasteiger partial charge in [0.15, 0.2) is 0 Å². The molecule has 1 atom stereocenters. The highest BCUT2D eigenvalue weighted by Gasteiger charge is 2.20. The molecule has 1 aromatic rings. The highest BCUT2D eigenvalue weighted by atomic mass is 32.1. The van der Waals surface area contributed by atoms with Crippen LogP contribution in [-0.4, -0.2) is 24.4 Å². The van der Waals surface area contributed by atoms with E-state index in [1.807, 2.05) is 24.4 Å². The van der Waals surface area contributed by atoms with E-state index in [2.05, 4.69) is 0 Å². The van der Waals surface area contributed by atoms with Gasteiger partial charge in [-0.2, -0.15) is 0 Å². The van der Waals surface area contributed by atoms with Gasteiger partial charge in [0, 0.05) is 25.0 Å². The van der Waals surface area contributed by atoms with Crippen LogP contribution >= 0.6 is 11.3 Å². The smallest absolute Gasteiger partial charge is 0.0689 e. The van der Waals surface area contributed by atoms with Crippen LogP contribution in [0.4, 0.5) is 0 Å². The molecule has 1 aromatic heterocycles. The first-order chi connectivity index (χ1) is 6.14. The number of thiophene rings is 1. The summed E-state index contributed by atoms with van der Waals surface area (Å²) in [4.78, 5) is 1.22. The first kappa shape index (κ1) is 10.7. The lowest BCUT2D eigenvalue weighted by atomic mass is 9.98. The summed E-state index contributed by atoms with van der Waals surface area (Å²) in [5.74, 6) is 0. The molecule has 0 aliphatic heterocycles. The molecule has 1 unspecified atom stereocenters. The number of hydrogen-bond donors (Lipinski definition) is 1. The highest BCUT2D eigenvalue weighted by molar-refractivity contribution is 7.09. The summed E-state index contributed by atoms with van der Waals surface area (Å²) in [6.45, 7) is 2.46. The van der Waals surface area contributed by atoms with Crippen molar-refractivity contribution in [2.45, 2.75) is 25.4 Å². The van der Waals surface area contributed by atoms with Crippen molar-refractivity contribution in [2.75, 3.05) is 13.7 Å². The Balaban J connectivity index is 2.42. The standard InChI is InChI=1S/C10H16O2S/c1-10(11,5-6-12-2)8-9-4-3-7-13-9/h3-4,7,11H,5-6,8H2,1-2H3. The lowest BCUT2D eigenvalue weighted by Gasteiger charge is -2.21. The van der Waals surface area contributed by atoms with Gasteiger partial charge in [0.1, 0.15) is 0 Å². The van der Waals surface area contributed by atoms with Gasteiger partial charge in [-0.15, -0.1) is 11.3 Å². The lowest BCUT2D eigenvalue weighted by molar-refractivity contribution is 0.0256. The monoisotopic (exact) mass is 200 g/mol. The average molecular weight is 200 g/mol. The fourth-order valence-corrected chi connectivity index (χ4v) is 2.08. The molecule has 0 saturated heterocycles. The van der Waals surface area contributed by atoms with Gasteiger partial charge in [0.2, 0.25) is 0 Å². The molecule has 13 heavy (non-hydrogen) atoms. The summed E-state index contributed by atoms with van der Waals surface area (Å²) in [5.41, 5.74) is -0.638. The molecule has 0 bridgehead atoms. The van der Waals surface area contributed by atoms with Crippen molar-refractivity contribution >= 4 is 11.3 Å². The highest BCUT2D eigenvalue weighted by Crippen LogP contribution is 2.20. The maximum Gasteiger partial charge on any atom is 0.0689 e. The number of aliphatic hydroxyl groups is 1. The Kier molecular flexibility index (Phi) is 3.90. The Morgan fingerprint density at radius 1 is 1.62 bits per heavy atom. The van der Waals surface area contributed by atoms with E-state index in [1.165, 1.54) is 4.88 Å². The minimum atomic E-state index is -0.638. The second kappa shape index (κ2) is 4.74. The van der Waals surface area contributed by atoms with Crippen molar-refractivity contribution in [3.05, 3.63) is 22.4 Å². The third-order valence-electron chi connectivity index (χ3n) is 1.98. The van der Waals surface area contributed by atoms with E-state index in [9.17, 15) is 5.11 Å². The zero-order valence-electron chi connectivity index (χ0n) is 8.12. The first-order valence-corrected chi connectivity index (χ1v) is 5.26. The second-order valence-corrected chi connectivity index (χ2v) is 4.53. The van der Waals surface area contributed by atoms with E-state index in [0.717, 1.165) is 0 Å². The van der Waals surface area contributed by atoms with Crippen LogP contribution in [0.1, 0.15) is 18.2 Å². The zero-order chi connectivity index (χ0) is 9.73. The van der Waals surface area contributed by atoms with E-state index < -0.39 is 5.60 Å². The molecular weight excluding hydrogens is 184 g/mol. The van der Waals surface area contributed by atoms with Crippen LogP contribution in [0.5, 0.6) is 0 Å². The molecule has 2 nitrogen and oxygen atoms in total. The summed E-state index contributed by atoms with van der Waals surface area (Å²) in [7, 11) is 1.65. The van der Waals surface area contributed by atoms with Gasteiger partial charge in [-0.25, -0.2) is 0 Å². The molecule has 3 heteroatoms. The van der Waals surface area contributed by atoms with Crippen LogP contribution in [0, 0.1) is 0 Å². The van der Waals surface area contributed by atoms with Crippen molar-refractivity contribution in [1.29, 1.82) is 0 Å². The van der Waals surface area contributed by atoms with Gasteiger partial charge >= 0.3 is 0 Å². The fourth-order valence-electron chi connectivity index (χ4n) is 1.20. The number of rotatable bonds is 5. The Morgan fingerprint density at radius 3 is 2.92 bits per heavy atom. The molecule has 1 rings (SSSR count). The van der Waals surface area contributed by atoms with Crippen LogP contribution in [0.15, 0.2) is 17.5 Å². The maximum absolute atomic E-state index is 9.94. The lowest BCUT2D eigenvalue weighted by Crippen LogP contribution is -2.28. The minimum absolute atomic E-state index is 0.609. The van der Waals surface area contributed by atoms with Gasteiger partial charge in [-0.3, -0.25) is 0 Å². The topological polar surface area (TPSA) is 29.5 Å². The Bertz CT molecular complexity index is 229. The third-order valence-corrected chi connectivity index (χ3v) is 2.86. The third kappa shape index (κ3) is 3.89. The quantitative estimate of drug-likeness (QED) is 0.788. The maximum atomic E-state index is 9.94. The van der Waals surface area contributed by atoms with Crippen molar-refractivity contribution < 1.29 is 9.84 Å². The number of hydrogen-bond acceptors (Lipinski definition) is 3. The van der Waals surface area contributed by atoms with Crippen molar-refractivity contribution in [3.63, 3.8) is 0 Å². The average Bonchev–Trinajstić information content (AvgIpc) is 2.52. The van der Waals surface area contributed by atoms with Gasteiger partial charge < -0.3 is 9.84 Å². The van der Waals surface area contributed by atoms with Gasteiger partial charge in [0.25, 0.3) is 0 Å². The predicted molar refractivity (Wildman–Crippen MR) is 55.1 cm³/mol. The molecule has 1 heterocycles. The first-order valence-electron chi connectivity index (χ1n) is 4.38. The number of ether oxygens (including phenoxy) is 1. The van der Waals surface area contributed by atoms with E-state index in [1.54, 1.807) is 18.4 Å². The number of methoxy groups -OCH3 is 1. The molecule has 0 radical (unpaired) electrons. The molecule has 0 aliphatic rings. The summed E-state index contributed by atoms with van der Waals surface area (Å²) in [5, 5.41) is 12.0. The summed E-state index contributed by atoms with van der Waals surface area (Å²) >= 11 is 1.68. The Labute approximate surface area is 83.2 Å². The minimum Gasteiger partial charge on any atom is -0.390 e. The van der Waals surface area contributed by atoms with Crippen LogP contribution in [0.3, 0.4) is 0 Å². The molecule has 1 N–H and O–H groups in total. The van der Waals surface area contributed by atoms with Gasteiger partial charge in [0.05, 0.1) is 5.60 Å². The van der Waals surface area contributed by atoms with Gasteiger partial charge in [-0.1, -0.05) is 6.07 Å². The molecule has 0 fully saturated rings. The molecule has 0 aromatic carbocycles.